The van der Waals surface area contributed by atoms with Gasteiger partial charge in [0.15, 0.2) is 12.4 Å². The third-order valence-corrected chi connectivity index (χ3v) is 4.60. The van der Waals surface area contributed by atoms with Gasteiger partial charge in [-0.15, -0.1) is 0 Å². The van der Waals surface area contributed by atoms with E-state index in [4.69, 9.17) is 9.26 Å². The van der Waals surface area contributed by atoms with Crippen LogP contribution in [0.15, 0.2) is 10.6 Å². The summed E-state index contributed by atoms with van der Waals surface area (Å²) in [5.74, 6) is 0.593. The van der Waals surface area contributed by atoms with Crippen molar-refractivity contribution in [3.63, 3.8) is 0 Å². The van der Waals surface area contributed by atoms with Crippen LogP contribution in [0.1, 0.15) is 80.4 Å². The summed E-state index contributed by atoms with van der Waals surface area (Å²) >= 11 is 0. The van der Waals surface area contributed by atoms with Gasteiger partial charge in [-0.3, -0.25) is 9.59 Å². The molecule has 7 nitrogen and oxygen atoms in total. The molecule has 28 heavy (non-hydrogen) atoms. The summed E-state index contributed by atoms with van der Waals surface area (Å²) in [4.78, 5) is 28.7. The lowest BCUT2D eigenvalue weighted by Gasteiger charge is -2.10. The number of nitrogens with zero attached hydrogens (tertiary/aromatic N) is 3. The number of hydrogen-bond acceptors (Lipinski definition) is 6. The Morgan fingerprint density at radius 3 is 2.57 bits per heavy atom. The van der Waals surface area contributed by atoms with Gasteiger partial charge in [0.1, 0.15) is 0 Å². The quantitative estimate of drug-likeness (QED) is 0.477. The fourth-order valence-electron chi connectivity index (χ4n) is 2.99. The lowest BCUT2D eigenvalue weighted by Crippen LogP contribution is -2.15. The molecule has 0 saturated heterocycles. The molecule has 0 aliphatic carbocycles. The van der Waals surface area contributed by atoms with Gasteiger partial charge in [0.25, 0.3) is 0 Å². The molecule has 0 atom stereocenters. The number of ether oxygens (including phenoxy) is 1. The number of hydrogen-bond donors (Lipinski definition) is 0. The van der Waals surface area contributed by atoms with E-state index in [0.717, 1.165) is 24.4 Å². The summed E-state index contributed by atoms with van der Waals surface area (Å²) in [5.41, 5.74) is 2.42. The number of aryl methyl sites for hydroxylation is 2. The maximum Gasteiger partial charge on any atom is 0.306 e. The molecule has 0 fully saturated rings. The van der Waals surface area contributed by atoms with E-state index in [2.05, 4.69) is 21.6 Å². The third-order valence-electron chi connectivity index (χ3n) is 4.60. The van der Waals surface area contributed by atoms with Gasteiger partial charge in [-0.25, -0.2) is 0 Å². The summed E-state index contributed by atoms with van der Waals surface area (Å²) in [6.07, 6.45) is 2.24. The van der Waals surface area contributed by atoms with Gasteiger partial charge in [-0.2, -0.15) is 4.98 Å². The van der Waals surface area contributed by atoms with Gasteiger partial charge < -0.3 is 13.8 Å². The van der Waals surface area contributed by atoms with E-state index in [-0.39, 0.29) is 24.2 Å². The number of Topliss-reactive ketones (excluding diaryl/α,β-unsaturated/α-hetero) is 1. The minimum absolute atomic E-state index is 0.171. The first-order valence-corrected chi connectivity index (χ1v) is 9.82. The Balaban J connectivity index is 1.79. The zero-order valence-electron chi connectivity index (χ0n) is 17.8. The molecule has 0 spiro atoms. The summed E-state index contributed by atoms with van der Waals surface area (Å²) in [6.45, 7) is 12.7. The molecule has 7 heteroatoms. The van der Waals surface area contributed by atoms with Gasteiger partial charge in [-0.05, 0) is 32.8 Å². The summed E-state index contributed by atoms with van der Waals surface area (Å²) in [5, 5.41) is 3.96. The largest absolute Gasteiger partial charge is 0.457 e. The maximum absolute atomic E-state index is 12.4. The van der Waals surface area contributed by atoms with E-state index in [1.165, 1.54) is 0 Å². The van der Waals surface area contributed by atoms with Crippen LogP contribution < -0.4 is 0 Å². The first kappa shape index (κ1) is 21.9. The minimum atomic E-state index is -0.397. The molecule has 0 aliphatic heterocycles. The van der Waals surface area contributed by atoms with Crippen LogP contribution in [0.4, 0.5) is 0 Å². The van der Waals surface area contributed by atoms with Crippen LogP contribution in [-0.2, 0) is 27.9 Å². The molecule has 2 aromatic heterocycles. The Hall–Kier alpha value is -2.44. The second-order valence-electron chi connectivity index (χ2n) is 8.14. The highest BCUT2D eigenvalue weighted by Crippen LogP contribution is 2.19. The van der Waals surface area contributed by atoms with Crippen molar-refractivity contribution in [1.82, 2.24) is 14.7 Å². The monoisotopic (exact) mass is 389 g/mol. The SMILES string of the molecule is CCCn1c(C)cc(C(=O)COC(=O)CCCc2nc(C(C)(C)C)no2)c1C. The normalized spacial score (nSPS) is 11.6. The first-order chi connectivity index (χ1) is 13.1. The molecule has 0 N–H and O–H groups in total. The fraction of sp³-hybridized carbons (Fsp3) is 0.619. The average Bonchev–Trinajstić information content (AvgIpc) is 3.20. The van der Waals surface area contributed by atoms with Crippen molar-refractivity contribution in [3.8, 4) is 0 Å². The van der Waals surface area contributed by atoms with Crippen molar-refractivity contribution in [1.29, 1.82) is 0 Å². The molecular formula is C21H31N3O4. The van der Waals surface area contributed by atoms with E-state index in [1.807, 2.05) is 40.7 Å². The number of carbonyl (C=O) groups is 2. The number of rotatable bonds is 9. The highest BCUT2D eigenvalue weighted by molar-refractivity contribution is 5.99. The van der Waals surface area contributed by atoms with Gasteiger partial charge in [0.2, 0.25) is 11.7 Å². The fourth-order valence-corrected chi connectivity index (χ4v) is 2.99. The van der Waals surface area contributed by atoms with Gasteiger partial charge in [0.05, 0.1) is 0 Å². The van der Waals surface area contributed by atoms with E-state index in [1.54, 1.807) is 0 Å². The first-order valence-electron chi connectivity index (χ1n) is 9.82. The van der Waals surface area contributed by atoms with Crippen molar-refractivity contribution in [2.45, 2.75) is 79.2 Å². The van der Waals surface area contributed by atoms with E-state index >= 15 is 0 Å². The van der Waals surface area contributed by atoms with Crippen LogP contribution in [0.25, 0.3) is 0 Å². The molecule has 0 saturated carbocycles. The molecule has 0 unspecified atom stereocenters. The topological polar surface area (TPSA) is 87.2 Å². The molecule has 154 valence electrons. The summed E-state index contributed by atoms with van der Waals surface area (Å²) < 4.78 is 12.5. The number of carbonyl (C=O) groups excluding carboxylic acids is 2. The van der Waals surface area contributed by atoms with Crippen LogP contribution in [0.5, 0.6) is 0 Å². The number of ketones is 1. The molecule has 2 aromatic rings. The average molecular weight is 389 g/mol. The van der Waals surface area contributed by atoms with Crippen molar-refractivity contribution < 1.29 is 18.8 Å². The zero-order valence-corrected chi connectivity index (χ0v) is 17.8. The van der Waals surface area contributed by atoms with Gasteiger partial charge >= 0.3 is 5.97 Å². The van der Waals surface area contributed by atoms with E-state index < -0.39 is 5.97 Å². The molecule has 0 aromatic carbocycles. The van der Waals surface area contributed by atoms with Crippen molar-refractivity contribution in [2.24, 2.45) is 0 Å². The predicted molar refractivity (Wildman–Crippen MR) is 105 cm³/mol. The molecule has 2 rings (SSSR count). The number of aromatic nitrogens is 3. The maximum atomic E-state index is 12.4. The Morgan fingerprint density at radius 2 is 1.96 bits per heavy atom. The van der Waals surface area contributed by atoms with Crippen molar-refractivity contribution in [2.75, 3.05) is 6.61 Å². The smallest absolute Gasteiger partial charge is 0.306 e. The molecule has 0 radical (unpaired) electrons. The highest BCUT2D eigenvalue weighted by atomic mass is 16.5. The Morgan fingerprint density at radius 1 is 1.25 bits per heavy atom. The molecule has 0 amide bonds. The van der Waals surface area contributed by atoms with Crippen molar-refractivity contribution in [3.05, 3.63) is 34.7 Å². The Labute approximate surface area is 166 Å². The Kier molecular flexibility index (Phi) is 7.16. The molecule has 0 aliphatic rings. The van der Waals surface area contributed by atoms with Crippen LogP contribution in [0.2, 0.25) is 0 Å². The van der Waals surface area contributed by atoms with Gasteiger partial charge in [0, 0.05) is 41.8 Å². The molecule has 2 heterocycles. The van der Waals surface area contributed by atoms with Crippen LogP contribution >= 0.6 is 0 Å². The van der Waals surface area contributed by atoms with E-state index in [9.17, 15) is 9.59 Å². The number of esters is 1. The van der Waals surface area contributed by atoms with Crippen molar-refractivity contribution >= 4 is 11.8 Å². The zero-order chi connectivity index (χ0) is 20.9. The Bertz CT molecular complexity index is 827. The highest BCUT2D eigenvalue weighted by Gasteiger charge is 2.21. The lowest BCUT2D eigenvalue weighted by molar-refractivity contribution is -0.142. The second-order valence-corrected chi connectivity index (χ2v) is 8.14. The standard InChI is InChI=1S/C21H31N3O4/c1-7-11-24-14(2)12-16(15(24)3)17(25)13-27-19(26)10-8-9-18-22-20(23-28-18)21(4,5)6/h12H,7-11,13H2,1-6H3. The predicted octanol–water partition coefficient (Wildman–Crippen LogP) is 3.94. The van der Waals surface area contributed by atoms with Crippen LogP contribution in [0, 0.1) is 13.8 Å². The third kappa shape index (κ3) is 5.53. The minimum Gasteiger partial charge on any atom is -0.457 e. The van der Waals surface area contributed by atoms with Crippen LogP contribution in [0.3, 0.4) is 0 Å². The van der Waals surface area contributed by atoms with Crippen LogP contribution in [-0.4, -0.2) is 33.1 Å². The summed E-state index contributed by atoms with van der Waals surface area (Å²) in [6, 6.07) is 1.86. The molecular weight excluding hydrogens is 358 g/mol. The second kappa shape index (κ2) is 9.17. The summed E-state index contributed by atoms with van der Waals surface area (Å²) in [7, 11) is 0. The van der Waals surface area contributed by atoms with E-state index in [0.29, 0.717) is 30.1 Å². The molecule has 0 bridgehead atoms. The van der Waals surface area contributed by atoms with Gasteiger partial charge in [-0.1, -0.05) is 32.9 Å². The lowest BCUT2D eigenvalue weighted by atomic mass is 9.96.